The third kappa shape index (κ3) is 5.24. The fourth-order valence-electron chi connectivity index (χ4n) is 5.72. The number of carbonyl (C=O) groups is 1. The minimum Gasteiger partial charge on any atom is -0.381 e. The molecule has 2 saturated carbocycles. The number of ether oxygens (including phenoxy) is 2. The molecule has 4 fully saturated rings. The van der Waals surface area contributed by atoms with Crippen LogP contribution < -0.4 is 15.5 Å². The Morgan fingerprint density at radius 1 is 1.03 bits per heavy atom. The molecule has 39 heavy (non-hydrogen) atoms. The summed E-state index contributed by atoms with van der Waals surface area (Å²) in [6, 6.07) is 9.45. The van der Waals surface area contributed by atoms with Crippen LogP contribution in [-0.2, 0) is 24.1 Å². The molecule has 4 aliphatic rings. The van der Waals surface area contributed by atoms with Crippen LogP contribution in [0.25, 0.3) is 11.4 Å². The van der Waals surface area contributed by atoms with Crippen molar-refractivity contribution < 1.29 is 22.7 Å². The summed E-state index contributed by atoms with van der Waals surface area (Å²) in [6.07, 6.45) is 5.39. The van der Waals surface area contributed by atoms with Gasteiger partial charge in [-0.1, -0.05) is 0 Å². The van der Waals surface area contributed by atoms with Crippen LogP contribution in [0.15, 0.2) is 30.3 Å². The molecule has 0 unspecified atom stereocenters. The number of anilines is 2. The van der Waals surface area contributed by atoms with Crippen LogP contribution in [0.2, 0.25) is 0 Å². The van der Waals surface area contributed by atoms with Gasteiger partial charge in [0.2, 0.25) is 0 Å². The van der Waals surface area contributed by atoms with E-state index in [1.54, 1.807) is 0 Å². The first-order valence-electron chi connectivity index (χ1n) is 14.1. The Balaban J connectivity index is 1.32. The Bertz CT molecular complexity index is 1300. The average Bonchev–Trinajstić information content (AvgIpc) is 3.75. The highest BCUT2D eigenvalue weighted by Crippen LogP contribution is 2.55. The van der Waals surface area contributed by atoms with Gasteiger partial charge in [0.25, 0.3) is 0 Å². The highest BCUT2D eigenvalue weighted by atomic mass is 32.2. The van der Waals surface area contributed by atoms with Crippen LogP contribution in [0.4, 0.5) is 16.3 Å². The molecule has 0 spiro atoms. The molecule has 210 valence electrons. The maximum atomic E-state index is 13.9. The minimum atomic E-state index is -3.46. The summed E-state index contributed by atoms with van der Waals surface area (Å²) < 4.78 is 38.0. The van der Waals surface area contributed by atoms with E-state index < -0.39 is 19.8 Å². The van der Waals surface area contributed by atoms with Crippen molar-refractivity contribution in [3.8, 4) is 11.4 Å². The van der Waals surface area contributed by atoms with Gasteiger partial charge in [-0.05, 0) is 76.1 Å². The van der Waals surface area contributed by atoms with Crippen molar-refractivity contribution in [3.63, 3.8) is 0 Å². The van der Waals surface area contributed by atoms with Crippen LogP contribution >= 0.6 is 0 Å². The van der Waals surface area contributed by atoms with Crippen molar-refractivity contribution in [2.45, 2.75) is 74.0 Å². The summed E-state index contributed by atoms with van der Waals surface area (Å²) in [5, 5.41) is 5.46. The Labute approximate surface area is 229 Å². The smallest absolute Gasteiger partial charge is 0.319 e. The second kappa shape index (κ2) is 10.7. The lowest BCUT2D eigenvalue weighted by atomic mass is 9.93. The topological polar surface area (TPSA) is 123 Å². The highest BCUT2D eigenvalue weighted by molar-refractivity contribution is 7.93. The lowest BCUT2D eigenvalue weighted by Gasteiger charge is -2.35. The van der Waals surface area contributed by atoms with E-state index in [0.717, 1.165) is 30.6 Å². The first-order valence-corrected chi connectivity index (χ1v) is 15.6. The Kier molecular flexibility index (Phi) is 7.24. The maximum absolute atomic E-state index is 13.9. The van der Waals surface area contributed by atoms with Crippen LogP contribution in [-0.4, -0.2) is 74.7 Å². The van der Waals surface area contributed by atoms with Crippen molar-refractivity contribution in [2.75, 3.05) is 43.2 Å². The summed E-state index contributed by atoms with van der Waals surface area (Å²) in [5.41, 5.74) is 2.02. The predicted octanol–water partition coefficient (Wildman–Crippen LogP) is 3.63. The van der Waals surface area contributed by atoms with Gasteiger partial charge >= 0.3 is 6.03 Å². The number of carbonyl (C=O) groups excluding carboxylic acids is 1. The van der Waals surface area contributed by atoms with E-state index in [2.05, 4.69) is 22.5 Å². The highest BCUT2D eigenvalue weighted by Gasteiger charge is 2.59. The predicted molar refractivity (Wildman–Crippen MR) is 149 cm³/mol. The standard InChI is InChI=1S/C28H37N5O5S/c1-19-18-38-16-13-33(19)25-17-24(28(11-12-28)39(35,36)23-9-14-37-15-10-23)31-26(32-25)20-5-7-22(8-6-20)30-27(34)29-21-3-2-4-21/h5-8,17,19,21,23H,2-4,9-16,18H2,1H3,(H2,29,30,34)/t19-/m0/s1. The van der Waals surface area contributed by atoms with E-state index in [1.807, 2.05) is 30.3 Å². The number of aromatic nitrogens is 2. The molecule has 1 aromatic carbocycles. The lowest BCUT2D eigenvalue weighted by Crippen LogP contribution is -2.44. The van der Waals surface area contributed by atoms with Gasteiger partial charge in [-0.15, -0.1) is 0 Å². The number of morpholine rings is 1. The fraction of sp³-hybridized carbons (Fsp3) is 0.607. The summed E-state index contributed by atoms with van der Waals surface area (Å²) in [7, 11) is -3.46. The zero-order chi connectivity index (χ0) is 27.0. The Hall–Kier alpha value is -2.76. The minimum absolute atomic E-state index is 0.109. The number of hydrogen-bond donors (Lipinski definition) is 2. The monoisotopic (exact) mass is 555 g/mol. The second-order valence-electron chi connectivity index (χ2n) is 11.2. The molecule has 10 nitrogen and oxygen atoms in total. The number of amides is 2. The third-order valence-corrected chi connectivity index (χ3v) is 11.6. The maximum Gasteiger partial charge on any atom is 0.319 e. The molecule has 2 aromatic rings. The van der Waals surface area contributed by atoms with Crippen molar-refractivity contribution in [1.29, 1.82) is 0 Å². The zero-order valence-corrected chi connectivity index (χ0v) is 23.2. The zero-order valence-electron chi connectivity index (χ0n) is 22.4. The molecule has 1 aromatic heterocycles. The molecular formula is C28H37N5O5S. The van der Waals surface area contributed by atoms with E-state index >= 15 is 0 Å². The molecular weight excluding hydrogens is 518 g/mol. The fourth-order valence-corrected chi connectivity index (χ4v) is 8.24. The third-order valence-electron chi connectivity index (χ3n) is 8.54. The van der Waals surface area contributed by atoms with Crippen molar-refractivity contribution in [3.05, 3.63) is 36.0 Å². The number of hydrogen-bond acceptors (Lipinski definition) is 8. The molecule has 0 bridgehead atoms. The summed E-state index contributed by atoms with van der Waals surface area (Å²) in [6.45, 7) is 4.89. The number of urea groups is 1. The molecule has 2 N–H and O–H groups in total. The first kappa shape index (κ1) is 26.5. The molecule has 2 aliphatic heterocycles. The molecule has 2 amide bonds. The average molecular weight is 556 g/mol. The Morgan fingerprint density at radius 2 is 1.77 bits per heavy atom. The summed E-state index contributed by atoms with van der Waals surface area (Å²) >= 11 is 0. The molecule has 3 heterocycles. The summed E-state index contributed by atoms with van der Waals surface area (Å²) in [5.74, 6) is 1.21. The van der Waals surface area contributed by atoms with Gasteiger partial charge in [0.1, 0.15) is 10.6 Å². The summed E-state index contributed by atoms with van der Waals surface area (Å²) in [4.78, 5) is 24.3. The largest absolute Gasteiger partial charge is 0.381 e. The van der Waals surface area contributed by atoms with Gasteiger partial charge < -0.3 is 25.0 Å². The van der Waals surface area contributed by atoms with Crippen molar-refractivity contribution in [1.82, 2.24) is 15.3 Å². The molecule has 1 atom stereocenters. The number of benzene rings is 1. The van der Waals surface area contributed by atoms with Gasteiger partial charge in [0.05, 0.1) is 30.2 Å². The van der Waals surface area contributed by atoms with Gasteiger partial charge in [-0.25, -0.2) is 23.2 Å². The second-order valence-corrected chi connectivity index (χ2v) is 13.7. The van der Waals surface area contributed by atoms with Gasteiger partial charge in [0.15, 0.2) is 15.7 Å². The molecule has 11 heteroatoms. The first-order chi connectivity index (χ1) is 18.9. The normalized spacial score (nSPS) is 23.6. The number of sulfone groups is 1. The SMILES string of the molecule is C[C@H]1COCCN1c1cc(C2(S(=O)(=O)C3CCOCC3)CC2)nc(-c2ccc(NC(=O)NC3CCC3)cc2)n1. The van der Waals surface area contributed by atoms with Crippen LogP contribution in [0.5, 0.6) is 0 Å². The van der Waals surface area contributed by atoms with E-state index in [-0.39, 0.29) is 18.1 Å². The van der Waals surface area contributed by atoms with E-state index in [4.69, 9.17) is 19.4 Å². The van der Waals surface area contributed by atoms with E-state index in [1.165, 1.54) is 0 Å². The molecule has 2 aliphatic carbocycles. The van der Waals surface area contributed by atoms with Crippen LogP contribution in [0.1, 0.15) is 57.6 Å². The van der Waals surface area contributed by atoms with Crippen LogP contribution in [0.3, 0.4) is 0 Å². The van der Waals surface area contributed by atoms with E-state index in [0.29, 0.717) is 75.9 Å². The van der Waals surface area contributed by atoms with Crippen LogP contribution in [0, 0.1) is 0 Å². The van der Waals surface area contributed by atoms with Crippen molar-refractivity contribution in [2.24, 2.45) is 0 Å². The number of rotatable bonds is 7. The number of nitrogens with zero attached hydrogens (tertiary/aromatic N) is 3. The van der Waals surface area contributed by atoms with Gasteiger partial charge in [-0.3, -0.25) is 0 Å². The number of nitrogens with one attached hydrogen (secondary N) is 2. The van der Waals surface area contributed by atoms with Gasteiger partial charge in [0, 0.05) is 43.1 Å². The lowest BCUT2D eigenvalue weighted by molar-refractivity contribution is 0.0981. The molecule has 2 saturated heterocycles. The van der Waals surface area contributed by atoms with E-state index in [9.17, 15) is 13.2 Å². The molecule has 0 radical (unpaired) electrons. The Morgan fingerprint density at radius 3 is 2.41 bits per heavy atom. The van der Waals surface area contributed by atoms with Gasteiger partial charge in [-0.2, -0.15) is 0 Å². The van der Waals surface area contributed by atoms with Crippen molar-refractivity contribution >= 4 is 27.4 Å². The molecule has 6 rings (SSSR count). The quantitative estimate of drug-likeness (QED) is 0.531.